The third-order valence-corrected chi connectivity index (χ3v) is 4.31. The first-order valence-electron chi connectivity index (χ1n) is 7.42. The van der Waals surface area contributed by atoms with Gasteiger partial charge >= 0.3 is 0 Å². The summed E-state index contributed by atoms with van der Waals surface area (Å²) in [6.45, 7) is 11.3. The molecule has 0 radical (unpaired) electrons. The second kappa shape index (κ2) is 7.46. The third kappa shape index (κ3) is 4.52. The van der Waals surface area contributed by atoms with Crippen LogP contribution in [-0.4, -0.2) is 51.3 Å². The highest BCUT2D eigenvalue weighted by Gasteiger charge is 2.41. The summed E-state index contributed by atoms with van der Waals surface area (Å²) < 4.78 is 5.15. The summed E-state index contributed by atoms with van der Waals surface area (Å²) in [6, 6.07) is 0.669. The van der Waals surface area contributed by atoms with Gasteiger partial charge in [-0.3, -0.25) is 0 Å². The first kappa shape index (κ1) is 15.9. The van der Waals surface area contributed by atoms with E-state index in [0.29, 0.717) is 11.5 Å². The Balaban J connectivity index is 2.47. The maximum atomic E-state index is 5.15. The zero-order valence-corrected chi connectivity index (χ0v) is 13.0. The van der Waals surface area contributed by atoms with E-state index in [1.165, 1.54) is 25.8 Å². The lowest BCUT2D eigenvalue weighted by Crippen LogP contribution is -2.45. The van der Waals surface area contributed by atoms with E-state index in [1.807, 2.05) is 0 Å². The summed E-state index contributed by atoms with van der Waals surface area (Å²) in [5.74, 6) is 0.786. The molecule has 0 aromatic carbocycles. The van der Waals surface area contributed by atoms with Gasteiger partial charge in [0.05, 0.1) is 6.61 Å². The molecule has 1 rings (SSSR count). The predicted octanol–water partition coefficient (Wildman–Crippen LogP) is 2.37. The Bertz CT molecular complexity index is 231. The van der Waals surface area contributed by atoms with Crippen molar-refractivity contribution in [2.75, 3.05) is 40.4 Å². The second-order valence-electron chi connectivity index (χ2n) is 6.47. The highest BCUT2D eigenvalue weighted by molar-refractivity contribution is 4.96. The molecule has 1 aliphatic carbocycles. The van der Waals surface area contributed by atoms with Gasteiger partial charge in [-0.25, -0.2) is 0 Å². The fraction of sp³-hybridized carbons (Fsp3) is 1.00. The van der Waals surface area contributed by atoms with Crippen LogP contribution in [0.25, 0.3) is 0 Å². The van der Waals surface area contributed by atoms with Gasteiger partial charge in [0.25, 0.3) is 0 Å². The number of nitrogens with zero attached hydrogens (tertiary/aromatic N) is 1. The molecule has 0 amide bonds. The number of rotatable bonds is 8. The van der Waals surface area contributed by atoms with Crippen LogP contribution in [0.3, 0.4) is 0 Å². The lowest BCUT2D eigenvalue weighted by Gasteiger charge is -2.33. The Morgan fingerprint density at radius 1 is 1.39 bits per heavy atom. The number of hydrogen-bond donors (Lipinski definition) is 1. The number of ether oxygens (including phenoxy) is 1. The Kier molecular flexibility index (Phi) is 6.61. The lowest BCUT2D eigenvalue weighted by molar-refractivity contribution is 0.142. The van der Waals surface area contributed by atoms with E-state index < -0.39 is 0 Å². The molecule has 108 valence electrons. The van der Waals surface area contributed by atoms with Crippen molar-refractivity contribution < 1.29 is 4.74 Å². The van der Waals surface area contributed by atoms with Crippen LogP contribution < -0.4 is 5.32 Å². The van der Waals surface area contributed by atoms with Crippen molar-refractivity contribution in [3.8, 4) is 0 Å². The van der Waals surface area contributed by atoms with Crippen LogP contribution in [0, 0.1) is 11.3 Å². The molecule has 0 heterocycles. The van der Waals surface area contributed by atoms with Crippen molar-refractivity contribution in [3.63, 3.8) is 0 Å². The molecule has 0 bridgehead atoms. The monoisotopic (exact) mass is 256 g/mol. The van der Waals surface area contributed by atoms with Crippen molar-refractivity contribution in [1.82, 2.24) is 10.2 Å². The first-order valence-corrected chi connectivity index (χ1v) is 7.42. The van der Waals surface area contributed by atoms with Crippen LogP contribution in [0.5, 0.6) is 0 Å². The van der Waals surface area contributed by atoms with Gasteiger partial charge in [0.15, 0.2) is 0 Å². The average molecular weight is 256 g/mol. The zero-order chi connectivity index (χ0) is 13.6. The molecule has 3 nitrogen and oxygen atoms in total. The van der Waals surface area contributed by atoms with E-state index in [0.717, 1.165) is 25.6 Å². The van der Waals surface area contributed by atoms with Gasteiger partial charge in [0, 0.05) is 26.2 Å². The molecule has 1 fully saturated rings. The minimum atomic E-state index is 0.446. The van der Waals surface area contributed by atoms with E-state index >= 15 is 0 Å². The summed E-state index contributed by atoms with van der Waals surface area (Å²) in [5.41, 5.74) is 0.446. The molecule has 0 aromatic heterocycles. The van der Waals surface area contributed by atoms with Crippen LogP contribution in [0.2, 0.25) is 0 Å². The Labute approximate surface area is 113 Å². The maximum absolute atomic E-state index is 5.15. The topological polar surface area (TPSA) is 24.5 Å². The number of methoxy groups -OCH3 is 1. The van der Waals surface area contributed by atoms with Gasteiger partial charge in [-0.2, -0.15) is 0 Å². The molecular weight excluding hydrogens is 224 g/mol. The maximum Gasteiger partial charge on any atom is 0.0589 e. The van der Waals surface area contributed by atoms with E-state index in [1.54, 1.807) is 7.11 Å². The Morgan fingerprint density at radius 3 is 2.72 bits per heavy atom. The third-order valence-electron chi connectivity index (χ3n) is 4.31. The molecule has 2 unspecified atom stereocenters. The molecular formula is C15H32N2O. The van der Waals surface area contributed by atoms with E-state index in [9.17, 15) is 0 Å². The van der Waals surface area contributed by atoms with E-state index in [4.69, 9.17) is 4.74 Å². The summed E-state index contributed by atoms with van der Waals surface area (Å²) in [5, 5.41) is 3.78. The van der Waals surface area contributed by atoms with E-state index in [-0.39, 0.29) is 0 Å². The van der Waals surface area contributed by atoms with Crippen LogP contribution in [-0.2, 0) is 4.74 Å². The smallest absolute Gasteiger partial charge is 0.0589 e. The summed E-state index contributed by atoms with van der Waals surface area (Å²) in [7, 11) is 3.99. The minimum Gasteiger partial charge on any atom is -0.383 e. The molecule has 0 saturated heterocycles. The number of hydrogen-bond acceptors (Lipinski definition) is 3. The Morgan fingerprint density at radius 2 is 2.11 bits per heavy atom. The molecule has 0 aliphatic heterocycles. The summed E-state index contributed by atoms with van der Waals surface area (Å²) >= 11 is 0. The van der Waals surface area contributed by atoms with Gasteiger partial charge in [-0.1, -0.05) is 20.8 Å². The first-order chi connectivity index (χ1) is 8.51. The molecule has 0 spiro atoms. The van der Waals surface area contributed by atoms with Crippen molar-refractivity contribution in [2.45, 2.75) is 46.1 Å². The number of likely N-dealkylation sites (N-methyl/N-ethyl adjacent to an activating group) is 1. The predicted molar refractivity (Wildman–Crippen MR) is 78.0 cm³/mol. The van der Waals surface area contributed by atoms with Crippen molar-refractivity contribution >= 4 is 0 Å². The molecule has 2 atom stereocenters. The van der Waals surface area contributed by atoms with Gasteiger partial charge in [0.1, 0.15) is 0 Å². The second-order valence-corrected chi connectivity index (χ2v) is 6.47. The van der Waals surface area contributed by atoms with E-state index in [2.05, 4.69) is 38.0 Å². The molecule has 1 saturated carbocycles. The van der Waals surface area contributed by atoms with Crippen LogP contribution >= 0.6 is 0 Å². The molecule has 0 aromatic rings. The zero-order valence-electron chi connectivity index (χ0n) is 13.0. The standard InChI is InChI=1S/C15H32N2O/c1-6-9-16-14-13(7-8-15(14,2)3)12-17(4)10-11-18-5/h13-14,16H,6-12H2,1-5H3. The normalized spacial score (nSPS) is 27.0. The number of nitrogens with one attached hydrogen (secondary N) is 1. The minimum absolute atomic E-state index is 0.446. The fourth-order valence-electron chi connectivity index (χ4n) is 3.20. The van der Waals surface area contributed by atoms with Gasteiger partial charge < -0.3 is 15.0 Å². The average Bonchev–Trinajstić information content (AvgIpc) is 2.59. The van der Waals surface area contributed by atoms with Crippen molar-refractivity contribution in [2.24, 2.45) is 11.3 Å². The highest BCUT2D eigenvalue weighted by Crippen LogP contribution is 2.41. The van der Waals surface area contributed by atoms with Gasteiger partial charge in [-0.05, 0) is 44.2 Å². The van der Waals surface area contributed by atoms with Crippen LogP contribution in [0.15, 0.2) is 0 Å². The molecule has 18 heavy (non-hydrogen) atoms. The molecule has 1 aliphatic rings. The highest BCUT2D eigenvalue weighted by atomic mass is 16.5. The fourth-order valence-corrected chi connectivity index (χ4v) is 3.20. The van der Waals surface area contributed by atoms with Gasteiger partial charge in [0.2, 0.25) is 0 Å². The van der Waals surface area contributed by atoms with Crippen molar-refractivity contribution in [1.29, 1.82) is 0 Å². The quantitative estimate of drug-likeness (QED) is 0.721. The summed E-state index contributed by atoms with van der Waals surface area (Å²) in [6.07, 6.45) is 3.92. The molecule has 1 N–H and O–H groups in total. The summed E-state index contributed by atoms with van der Waals surface area (Å²) in [4.78, 5) is 2.41. The Hall–Kier alpha value is -0.120. The van der Waals surface area contributed by atoms with Gasteiger partial charge in [-0.15, -0.1) is 0 Å². The van der Waals surface area contributed by atoms with Crippen LogP contribution in [0.4, 0.5) is 0 Å². The lowest BCUT2D eigenvalue weighted by atomic mass is 9.84. The van der Waals surface area contributed by atoms with Crippen molar-refractivity contribution in [3.05, 3.63) is 0 Å². The molecule has 3 heteroatoms. The van der Waals surface area contributed by atoms with Crippen LogP contribution in [0.1, 0.15) is 40.0 Å². The SMILES string of the molecule is CCCNC1C(CN(C)CCOC)CCC1(C)C. The largest absolute Gasteiger partial charge is 0.383 e.